The Labute approximate surface area is 134 Å². The Bertz CT molecular complexity index is 716. The van der Waals surface area contributed by atoms with Crippen LogP contribution in [0.3, 0.4) is 0 Å². The second-order valence-electron chi connectivity index (χ2n) is 5.50. The van der Waals surface area contributed by atoms with E-state index in [0.29, 0.717) is 23.6 Å². The molecule has 0 unspecified atom stereocenters. The summed E-state index contributed by atoms with van der Waals surface area (Å²) >= 11 is 0. The van der Waals surface area contributed by atoms with Gasteiger partial charge in [0.25, 0.3) is 5.91 Å². The summed E-state index contributed by atoms with van der Waals surface area (Å²) in [6.07, 6.45) is 0. The summed E-state index contributed by atoms with van der Waals surface area (Å²) in [5.41, 5.74) is -0.292. The van der Waals surface area contributed by atoms with Gasteiger partial charge in [0.15, 0.2) is 5.60 Å². The summed E-state index contributed by atoms with van der Waals surface area (Å²) < 4.78 is 10.6. The van der Waals surface area contributed by atoms with Crippen LogP contribution in [0, 0.1) is 0 Å². The van der Waals surface area contributed by atoms with Crippen molar-refractivity contribution < 1.29 is 19.4 Å². The first-order chi connectivity index (χ1) is 11.1. The minimum Gasteiger partial charge on any atom is -0.497 e. The van der Waals surface area contributed by atoms with E-state index in [-0.39, 0.29) is 0 Å². The predicted octanol–water partition coefficient (Wildman–Crippen LogP) is 1.81. The molecule has 2 aromatic carbocycles. The average molecular weight is 313 g/mol. The van der Waals surface area contributed by atoms with E-state index in [2.05, 4.69) is 5.32 Å². The fourth-order valence-electron chi connectivity index (χ4n) is 3.10. The Morgan fingerprint density at radius 2 is 1.87 bits per heavy atom. The molecule has 0 bridgehead atoms. The molecule has 3 rings (SSSR count). The van der Waals surface area contributed by atoms with E-state index >= 15 is 0 Å². The van der Waals surface area contributed by atoms with Gasteiger partial charge in [0, 0.05) is 24.1 Å². The lowest BCUT2D eigenvalue weighted by molar-refractivity contribution is -0.137. The van der Waals surface area contributed by atoms with Crippen molar-refractivity contribution in [2.75, 3.05) is 20.8 Å². The lowest BCUT2D eigenvalue weighted by Gasteiger charge is -2.28. The second-order valence-corrected chi connectivity index (χ2v) is 5.50. The summed E-state index contributed by atoms with van der Waals surface area (Å²) in [6, 6.07) is 14.4. The summed E-state index contributed by atoms with van der Waals surface area (Å²) in [4.78, 5) is 12.4. The highest BCUT2D eigenvalue weighted by molar-refractivity contribution is 5.90. The number of methoxy groups -OCH3 is 2. The fourth-order valence-corrected chi connectivity index (χ4v) is 3.10. The molecular weight excluding hydrogens is 294 g/mol. The zero-order valence-corrected chi connectivity index (χ0v) is 13.1. The molecule has 1 aliphatic heterocycles. The lowest BCUT2D eigenvalue weighted by atomic mass is 9.79. The SMILES string of the molecule is COc1ccc([C@@H]2CNC(=O)[C@@]2(O)c2ccccc2)c(OC)c1. The number of hydrogen-bond donors (Lipinski definition) is 2. The predicted molar refractivity (Wildman–Crippen MR) is 85.6 cm³/mol. The average Bonchev–Trinajstić information content (AvgIpc) is 2.91. The van der Waals surface area contributed by atoms with Gasteiger partial charge >= 0.3 is 0 Å². The largest absolute Gasteiger partial charge is 0.497 e. The maximum absolute atomic E-state index is 12.4. The highest BCUT2D eigenvalue weighted by Gasteiger charge is 2.51. The number of carbonyl (C=O) groups is 1. The van der Waals surface area contributed by atoms with Crippen molar-refractivity contribution in [1.29, 1.82) is 0 Å². The van der Waals surface area contributed by atoms with Crippen LogP contribution < -0.4 is 14.8 Å². The summed E-state index contributed by atoms with van der Waals surface area (Å²) in [5, 5.41) is 14.0. The molecule has 0 spiro atoms. The van der Waals surface area contributed by atoms with Crippen LogP contribution in [-0.4, -0.2) is 31.8 Å². The van der Waals surface area contributed by atoms with Gasteiger partial charge in [0.2, 0.25) is 0 Å². The second kappa shape index (κ2) is 5.93. The van der Waals surface area contributed by atoms with Crippen molar-refractivity contribution in [2.24, 2.45) is 0 Å². The van der Waals surface area contributed by atoms with Crippen molar-refractivity contribution >= 4 is 5.91 Å². The van der Waals surface area contributed by atoms with E-state index in [0.717, 1.165) is 5.56 Å². The molecule has 5 heteroatoms. The molecule has 1 saturated heterocycles. The van der Waals surface area contributed by atoms with Crippen molar-refractivity contribution in [2.45, 2.75) is 11.5 Å². The van der Waals surface area contributed by atoms with Gasteiger partial charge in [-0.1, -0.05) is 36.4 Å². The van der Waals surface area contributed by atoms with E-state index in [1.807, 2.05) is 12.1 Å². The van der Waals surface area contributed by atoms with Crippen LogP contribution in [0.1, 0.15) is 17.0 Å². The van der Waals surface area contributed by atoms with Crippen LogP contribution in [0.4, 0.5) is 0 Å². The maximum Gasteiger partial charge on any atom is 0.257 e. The Kier molecular flexibility index (Phi) is 3.96. The highest BCUT2D eigenvalue weighted by atomic mass is 16.5. The van der Waals surface area contributed by atoms with Crippen molar-refractivity contribution in [3.05, 3.63) is 59.7 Å². The molecule has 5 nitrogen and oxygen atoms in total. The molecule has 0 saturated carbocycles. The van der Waals surface area contributed by atoms with Crippen LogP contribution >= 0.6 is 0 Å². The van der Waals surface area contributed by atoms with Gasteiger partial charge < -0.3 is 19.9 Å². The van der Waals surface area contributed by atoms with Gasteiger partial charge in [0.1, 0.15) is 11.5 Å². The Morgan fingerprint density at radius 3 is 2.52 bits per heavy atom. The molecule has 0 aromatic heterocycles. The topological polar surface area (TPSA) is 67.8 Å². The molecule has 0 radical (unpaired) electrons. The number of benzene rings is 2. The number of aliphatic hydroxyl groups is 1. The lowest BCUT2D eigenvalue weighted by Crippen LogP contribution is -2.38. The third-order valence-corrected chi connectivity index (χ3v) is 4.35. The summed E-state index contributed by atoms with van der Waals surface area (Å²) in [7, 11) is 3.14. The highest BCUT2D eigenvalue weighted by Crippen LogP contribution is 2.44. The van der Waals surface area contributed by atoms with E-state index in [4.69, 9.17) is 9.47 Å². The number of amides is 1. The van der Waals surface area contributed by atoms with Gasteiger partial charge in [-0.3, -0.25) is 4.79 Å². The summed E-state index contributed by atoms with van der Waals surface area (Å²) in [6.45, 7) is 0.340. The Balaban J connectivity index is 2.10. The molecule has 120 valence electrons. The quantitative estimate of drug-likeness (QED) is 0.903. The molecule has 0 aliphatic carbocycles. The number of hydrogen-bond acceptors (Lipinski definition) is 4. The Hall–Kier alpha value is -2.53. The van der Waals surface area contributed by atoms with Crippen LogP contribution in [-0.2, 0) is 10.4 Å². The van der Waals surface area contributed by atoms with E-state index in [1.54, 1.807) is 50.6 Å². The normalized spacial score (nSPS) is 23.4. The van der Waals surface area contributed by atoms with Crippen molar-refractivity contribution in [3.63, 3.8) is 0 Å². The molecule has 1 fully saturated rings. The zero-order chi connectivity index (χ0) is 16.4. The third kappa shape index (κ3) is 2.43. The Morgan fingerprint density at radius 1 is 1.13 bits per heavy atom. The minimum absolute atomic E-state index is 0.340. The van der Waals surface area contributed by atoms with Gasteiger partial charge in [-0.2, -0.15) is 0 Å². The first-order valence-electron chi connectivity index (χ1n) is 7.39. The number of nitrogens with one attached hydrogen (secondary N) is 1. The first kappa shape index (κ1) is 15.4. The van der Waals surface area contributed by atoms with E-state index in [9.17, 15) is 9.90 Å². The van der Waals surface area contributed by atoms with Gasteiger partial charge in [-0.25, -0.2) is 0 Å². The van der Waals surface area contributed by atoms with Gasteiger partial charge in [-0.05, 0) is 11.6 Å². The first-order valence-corrected chi connectivity index (χ1v) is 7.39. The van der Waals surface area contributed by atoms with E-state index in [1.165, 1.54) is 0 Å². The number of ether oxygens (including phenoxy) is 2. The van der Waals surface area contributed by atoms with Crippen molar-refractivity contribution in [3.8, 4) is 11.5 Å². The molecular formula is C18H19NO4. The molecule has 2 atom stereocenters. The minimum atomic E-state index is -1.62. The molecule has 1 amide bonds. The fraction of sp³-hybridized carbons (Fsp3) is 0.278. The third-order valence-electron chi connectivity index (χ3n) is 4.35. The van der Waals surface area contributed by atoms with Crippen molar-refractivity contribution in [1.82, 2.24) is 5.32 Å². The molecule has 2 N–H and O–H groups in total. The smallest absolute Gasteiger partial charge is 0.257 e. The monoisotopic (exact) mass is 313 g/mol. The van der Waals surface area contributed by atoms with Crippen LogP contribution in [0.15, 0.2) is 48.5 Å². The van der Waals surface area contributed by atoms with Gasteiger partial charge in [0.05, 0.1) is 14.2 Å². The zero-order valence-electron chi connectivity index (χ0n) is 13.1. The summed E-state index contributed by atoms with van der Waals surface area (Å²) in [5.74, 6) is 0.399. The molecule has 1 heterocycles. The number of rotatable bonds is 4. The maximum atomic E-state index is 12.4. The van der Waals surface area contributed by atoms with Crippen LogP contribution in [0.25, 0.3) is 0 Å². The van der Waals surface area contributed by atoms with Gasteiger partial charge in [-0.15, -0.1) is 0 Å². The van der Waals surface area contributed by atoms with Crippen LogP contribution in [0.2, 0.25) is 0 Å². The molecule has 1 aliphatic rings. The van der Waals surface area contributed by atoms with E-state index < -0.39 is 17.4 Å². The number of carbonyl (C=O) groups excluding carboxylic acids is 1. The molecule has 2 aromatic rings. The molecule has 23 heavy (non-hydrogen) atoms. The van der Waals surface area contributed by atoms with Crippen LogP contribution in [0.5, 0.6) is 11.5 Å². The standard InChI is InChI=1S/C18H19NO4/c1-22-13-8-9-14(16(10-13)23-2)15-11-19-17(20)18(15,21)12-6-4-3-5-7-12/h3-10,15,21H,11H2,1-2H3,(H,19,20)/t15-,18+/m0/s1.